The zero-order valence-electron chi connectivity index (χ0n) is 58.8. The number of carbonyl (C=O) groups is 5. The number of hydrogen-bond acceptors (Lipinski definition) is 27. The predicted molar refractivity (Wildman–Crippen MR) is 348 cm³/mol. The molecule has 0 saturated carbocycles. The first-order chi connectivity index (χ1) is 46.2. The molecule has 30 nitrogen and oxygen atoms in total. The molecule has 2 unspecified atom stereocenters. The van der Waals surface area contributed by atoms with Crippen LogP contribution in [-0.2, 0) is 117 Å². The Morgan fingerprint density at radius 2 is 0.773 bits per heavy atom. The number of aliphatic carboxylic acids is 2. The van der Waals surface area contributed by atoms with Crippen molar-refractivity contribution in [2.45, 2.75) is 157 Å². The van der Waals surface area contributed by atoms with Crippen LogP contribution in [0.5, 0.6) is 0 Å². The Hall–Kier alpha value is -8.41. The molecule has 30 heteroatoms. The third-order valence-electron chi connectivity index (χ3n) is 13.6. The molecule has 0 aliphatic rings. The van der Waals surface area contributed by atoms with Gasteiger partial charge in [-0.25, -0.2) is 4.79 Å². The molecule has 548 valence electrons. The van der Waals surface area contributed by atoms with Crippen molar-refractivity contribution in [3.05, 3.63) is 70.8 Å². The summed E-state index contributed by atoms with van der Waals surface area (Å²) in [4.78, 5) is 169. The Bertz CT molecular complexity index is 2400. The van der Waals surface area contributed by atoms with E-state index in [1.807, 2.05) is 39.8 Å². The van der Waals surface area contributed by atoms with E-state index in [0.717, 1.165) is 123 Å². The maximum absolute atomic E-state index is 12.3. The second kappa shape index (κ2) is 70.4. The minimum absolute atomic E-state index is 0.0716. The number of esters is 2. The summed E-state index contributed by atoms with van der Waals surface area (Å²) in [5.41, 5.74) is 10.2. The van der Waals surface area contributed by atoms with Gasteiger partial charge in [0, 0.05) is 71.0 Å². The van der Waals surface area contributed by atoms with Gasteiger partial charge in [0.15, 0.2) is 0 Å². The molecule has 97 heavy (non-hydrogen) atoms. The number of nitrogens with two attached hydrogens (primary N) is 1. The number of alkyl carbamates (subject to hydrolysis) is 1. The highest BCUT2D eigenvalue weighted by Gasteiger charge is 2.24. The van der Waals surface area contributed by atoms with Crippen molar-refractivity contribution in [3.63, 3.8) is 0 Å². The first kappa shape index (κ1) is 99.6. The van der Waals surface area contributed by atoms with E-state index in [9.17, 15) is 24.0 Å². The fraction of sp³-hybridized carbons (Fsp3) is 0.657. The average Bonchev–Trinajstić information content (AvgIpc) is 1.32. The van der Waals surface area contributed by atoms with Gasteiger partial charge in [-0.15, -0.1) is 0 Å². The number of likely N-dealkylation sites (N-methyl/N-ethyl adjacent to an activating group) is 1. The number of ether oxygens (including phenoxy) is 3. The topological polar surface area (TPSA) is 416 Å². The number of benzene rings is 2. The summed E-state index contributed by atoms with van der Waals surface area (Å²) in [6.07, 6.45) is 13.3. The molecule has 2 atom stereocenters. The second-order valence-corrected chi connectivity index (χ2v) is 22.3. The SMILES string of the molecule is CCC(CCCc1ccc(CCN)cc1)N(CCN(C)C)CCN(CC(=O)O)CC(=O)O.CCCN(CCC)CCN(CCN(CC(=O)OCC)CC(=O)OCC)C(CC)CCCc1ccc(CCNC(=O)OC(C)(C)C)cc1.O=C=O.O=C=O.O=C=O.O=C=O.O=C=O.O=C=O. The van der Waals surface area contributed by atoms with Gasteiger partial charge in [0.05, 0.1) is 39.4 Å². The summed E-state index contributed by atoms with van der Waals surface area (Å²) in [6.45, 7) is 27.8. The quantitative estimate of drug-likeness (QED) is 0.0541. The lowest BCUT2D eigenvalue weighted by molar-refractivity contribution is -0.193. The first-order valence-corrected chi connectivity index (χ1v) is 32.0. The largest absolute Gasteiger partial charge is 0.480 e. The number of rotatable bonds is 43. The number of nitrogens with zero attached hydrogens (tertiary/aromatic N) is 6. The minimum Gasteiger partial charge on any atom is -0.480 e. The standard InChI is InChI=1S/C37H66N4O6.C24H42N4O4.6CO2/c1-9-23-39(24-10-2)25-27-41(28-26-40(29-34(42)45-12-4)30-35(43)46-13-5)33(11-3)16-14-15-31-17-19-32(20-18-31)21-22-38-36(44)47-37(6,7)8;1-4-22(7-5-6-20-8-10-21(11-9-20)12-13-25)28(16-14-26(2)3)17-15-27(18-23(29)30)19-24(31)32;6*2-1-3/h17-20,33H,9-16,21-30H2,1-8H3,(H,38,44);8-11,22H,4-7,12-19,25H2,1-3H3,(H,29,30)(H,31,32);;;;;;. The predicted octanol–water partition coefficient (Wildman–Crippen LogP) is 3.83. The van der Waals surface area contributed by atoms with Gasteiger partial charge >= 0.3 is 66.9 Å². The van der Waals surface area contributed by atoms with Crippen LogP contribution in [0, 0.1) is 0 Å². The lowest BCUT2D eigenvalue weighted by Crippen LogP contribution is -2.46. The minimum atomic E-state index is -1.00. The van der Waals surface area contributed by atoms with Gasteiger partial charge in [-0.05, 0) is 168 Å². The molecule has 5 N–H and O–H groups in total. The Labute approximate surface area is 571 Å². The van der Waals surface area contributed by atoms with E-state index in [1.54, 1.807) is 13.8 Å². The van der Waals surface area contributed by atoms with Crippen molar-refractivity contribution in [2.75, 3.05) is 132 Å². The molecular weight excluding hydrogens is 1270 g/mol. The summed E-state index contributed by atoms with van der Waals surface area (Å²) < 4.78 is 15.7. The highest BCUT2D eigenvalue weighted by atomic mass is 16.6. The highest BCUT2D eigenvalue weighted by Crippen LogP contribution is 2.18. The highest BCUT2D eigenvalue weighted by molar-refractivity contribution is 5.75. The van der Waals surface area contributed by atoms with Crippen LogP contribution in [0.3, 0.4) is 0 Å². The molecule has 0 aliphatic heterocycles. The number of carboxylic acids is 2. The fourth-order valence-corrected chi connectivity index (χ4v) is 9.56. The van der Waals surface area contributed by atoms with Crippen molar-refractivity contribution >= 4 is 66.9 Å². The Morgan fingerprint density at radius 1 is 0.464 bits per heavy atom. The van der Waals surface area contributed by atoms with Crippen LogP contribution in [0.15, 0.2) is 48.5 Å². The van der Waals surface area contributed by atoms with Crippen molar-refractivity contribution < 1.29 is 106 Å². The number of nitrogens with one attached hydrogen (secondary N) is 1. The molecule has 2 rings (SSSR count). The number of amides is 1. The average molecular weight is 1380 g/mol. The molecule has 0 fully saturated rings. The number of hydrogen-bond donors (Lipinski definition) is 4. The van der Waals surface area contributed by atoms with Crippen molar-refractivity contribution in [1.82, 2.24) is 34.7 Å². The van der Waals surface area contributed by atoms with E-state index < -0.39 is 17.5 Å². The van der Waals surface area contributed by atoms with E-state index in [4.69, 9.17) is 87.7 Å². The molecule has 0 aliphatic carbocycles. The smallest absolute Gasteiger partial charge is 0.407 e. The maximum Gasteiger partial charge on any atom is 0.407 e. The Kier molecular flexibility index (Phi) is 72.3. The molecule has 0 radical (unpaired) electrons. The van der Waals surface area contributed by atoms with Crippen LogP contribution in [-0.4, -0.2) is 256 Å². The van der Waals surface area contributed by atoms with E-state index in [-0.39, 0.29) is 81.1 Å². The Morgan fingerprint density at radius 3 is 1.06 bits per heavy atom. The number of carboxylic acid groups (broad SMARTS) is 2. The summed E-state index contributed by atoms with van der Waals surface area (Å²) in [6, 6.07) is 18.1. The van der Waals surface area contributed by atoms with Crippen LogP contribution in [0.1, 0.15) is 136 Å². The van der Waals surface area contributed by atoms with Gasteiger partial charge in [0.1, 0.15) is 5.60 Å². The summed E-state index contributed by atoms with van der Waals surface area (Å²) in [7, 11) is 4.07. The van der Waals surface area contributed by atoms with E-state index in [1.165, 1.54) is 27.2 Å². The van der Waals surface area contributed by atoms with Gasteiger partial charge in [-0.2, -0.15) is 57.5 Å². The van der Waals surface area contributed by atoms with E-state index >= 15 is 0 Å². The van der Waals surface area contributed by atoms with Crippen LogP contribution >= 0.6 is 0 Å². The Balaban J connectivity index is -0.000000355. The maximum atomic E-state index is 12.3. The third-order valence-corrected chi connectivity index (χ3v) is 13.6. The zero-order valence-corrected chi connectivity index (χ0v) is 58.8. The molecule has 0 saturated heterocycles. The zero-order chi connectivity index (χ0) is 75.3. The van der Waals surface area contributed by atoms with Gasteiger partial charge in [0.2, 0.25) is 0 Å². The normalized spacial score (nSPS) is 10.7. The van der Waals surface area contributed by atoms with Crippen LogP contribution in [0.25, 0.3) is 0 Å². The summed E-state index contributed by atoms with van der Waals surface area (Å²) in [5, 5.41) is 21.0. The summed E-state index contributed by atoms with van der Waals surface area (Å²) in [5.74, 6) is -2.65. The lowest BCUT2D eigenvalue weighted by atomic mass is 10.0. The molecule has 0 aromatic heterocycles. The van der Waals surface area contributed by atoms with E-state index in [0.29, 0.717) is 58.0 Å². The summed E-state index contributed by atoms with van der Waals surface area (Å²) >= 11 is 0. The molecule has 0 bridgehead atoms. The molecule has 0 heterocycles. The van der Waals surface area contributed by atoms with Crippen molar-refractivity contribution in [1.29, 1.82) is 0 Å². The lowest BCUT2D eigenvalue weighted by Gasteiger charge is -2.35. The van der Waals surface area contributed by atoms with Gasteiger partial charge in [0.25, 0.3) is 0 Å². The molecule has 2 aromatic rings. The second-order valence-electron chi connectivity index (χ2n) is 22.3. The van der Waals surface area contributed by atoms with Gasteiger partial charge in [-0.1, -0.05) is 76.2 Å². The monoisotopic (exact) mass is 1380 g/mol. The van der Waals surface area contributed by atoms with Crippen molar-refractivity contribution in [3.8, 4) is 0 Å². The van der Waals surface area contributed by atoms with Crippen LogP contribution in [0.4, 0.5) is 4.79 Å². The number of aryl methyl sites for hydroxylation is 2. The van der Waals surface area contributed by atoms with Gasteiger partial charge < -0.3 is 45.3 Å². The van der Waals surface area contributed by atoms with Crippen LogP contribution in [0.2, 0.25) is 0 Å². The fourth-order valence-electron chi connectivity index (χ4n) is 9.56. The molecule has 0 spiro atoms. The van der Waals surface area contributed by atoms with E-state index in [2.05, 4.69) is 101 Å². The molecule has 2 aromatic carbocycles. The van der Waals surface area contributed by atoms with Crippen LogP contribution < -0.4 is 11.1 Å². The number of carbonyl (C=O) groups excluding carboxylic acids is 15. The van der Waals surface area contributed by atoms with Gasteiger partial charge in [-0.3, -0.25) is 38.8 Å². The first-order valence-electron chi connectivity index (χ1n) is 32.0. The van der Waals surface area contributed by atoms with Crippen molar-refractivity contribution in [2.24, 2.45) is 5.73 Å². The molecule has 1 amide bonds. The molecular formula is C67H108N8O22. The third kappa shape index (κ3) is 67.4.